The molecule has 3 N–H and O–H groups in total. The molecule has 8 heterocycles. The molecule has 0 unspecified atom stereocenters. The number of phenolic OH excluding ortho intramolecular Hbond substituents is 1. The van der Waals surface area contributed by atoms with Crippen LogP contribution >= 0.6 is 0 Å². The maximum Gasteiger partial charge on any atom is 0.339 e. The highest BCUT2D eigenvalue weighted by molar-refractivity contribution is 6.27. The molecule has 10 aliphatic rings. The zero-order valence-electron chi connectivity index (χ0n) is 33.5. The van der Waals surface area contributed by atoms with Gasteiger partial charge in [-0.3, -0.25) is 9.80 Å². The number of piperidine rings is 2. The van der Waals surface area contributed by atoms with Crippen LogP contribution in [0.4, 0.5) is 11.4 Å². The van der Waals surface area contributed by atoms with Gasteiger partial charge in [0.05, 0.1) is 74.4 Å². The number of epoxide rings is 1. The molecule has 0 bridgehead atoms. The van der Waals surface area contributed by atoms with E-state index in [1.807, 2.05) is 13.0 Å². The molecule has 2 aromatic rings. The Morgan fingerprint density at radius 3 is 2.47 bits per heavy atom. The lowest BCUT2D eigenvalue weighted by Gasteiger charge is -2.59. The quantitative estimate of drug-likeness (QED) is 0.285. The van der Waals surface area contributed by atoms with Gasteiger partial charge >= 0.3 is 11.9 Å². The van der Waals surface area contributed by atoms with Gasteiger partial charge in [0.1, 0.15) is 23.6 Å². The number of rotatable bonds is 6. The first-order chi connectivity index (χ1) is 28.0. The summed E-state index contributed by atoms with van der Waals surface area (Å²) in [4.78, 5) is 37.8. The van der Waals surface area contributed by atoms with Crippen molar-refractivity contribution >= 4 is 29.0 Å². The number of benzene rings is 2. The Hall–Kier alpha value is -4.63. The first-order valence-corrected chi connectivity index (χ1v) is 20.7. The lowest BCUT2D eigenvalue weighted by molar-refractivity contribution is -0.144. The van der Waals surface area contributed by atoms with Gasteiger partial charge in [-0.05, 0) is 61.9 Å². The average Bonchev–Trinajstić information content (AvgIpc) is 3.57. The predicted molar refractivity (Wildman–Crippen MR) is 208 cm³/mol. The molecule has 12 rings (SSSR count). The maximum absolute atomic E-state index is 13.8. The van der Waals surface area contributed by atoms with Crippen molar-refractivity contribution in [3.05, 3.63) is 57.8 Å². The van der Waals surface area contributed by atoms with Crippen molar-refractivity contribution in [3.8, 4) is 23.0 Å². The number of anilines is 1. The van der Waals surface area contributed by atoms with Crippen LogP contribution in [-0.2, 0) is 34.6 Å². The molecule has 5 saturated heterocycles. The summed E-state index contributed by atoms with van der Waals surface area (Å²) in [5.41, 5.74) is 4.19. The third-order valence-corrected chi connectivity index (χ3v) is 16.6. The molecule has 58 heavy (non-hydrogen) atoms. The number of ether oxygens (including phenoxy) is 6. The number of carbonyl (C=O) groups excluding carboxylic acids is 2. The van der Waals surface area contributed by atoms with E-state index in [4.69, 9.17) is 33.4 Å². The molecular weight excluding hydrogens is 745 g/mol. The number of nitrogens with zero attached hydrogens (tertiary/aromatic N) is 3. The number of hydrogen-bond donors (Lipinski definition) is 3. The van der Waals surface area contributed by atoms with Crippen molar-refractivity contribution in [2.75, 3.05) is 53.4 Å². The van der Waals surface area contributed by atoms with Crippen molar-refractivity contribution in [3.63, 3.8) is 0 Å². The molecule has 0 aromatic heterocycles. The first-order valence-electron chi connectivity index (χ1n) is 20.7. The van der Waals surface area contributed by atoms with Crippen molar-refractivity contribution < 1.29 is 48.2 Å². The number of fused-ring (bicyclic) bond motifs is 8. The van der Waals surface area contributed by atoms with E-state index in [1.54, 1.807) is 6.07 Å². The number of phenols is 1. The molecule has 0 amide bonds. The summed E-state index contributed by atoms with van der Waals surface area (Å²) in [6.45, 7) is 6.66. The van der Waals surface area contributed by atoms with Crippen LogP contribution in [0.5, 0.6) is 23.0 Å². The summed E-state index contributed by atoms with van der Waals surface area (Å²) < 4.78 is 35.7. The lowest BCUT2D eigenvalue weighted by Crippen LogP contribution is -2.70. The maximum atomic E-state index is 13.8. The second-order valence-electron chi connectivity index (χ2n) is 18.1. The minimum atomic E-state index is -1.03. The Morgan fingerprint density at radius 2 is 1.74 bits per heavy atom. The molecule has 14 nitrogen and oxygen atoms in total. The number of esters is 2. The first kappa shape index (κ1) is 35.3. The number of aliphatic hydroxyl groups excluding tert-OH is 1. The van der Waals surface area contributed by atoms with Crippen LogP contribution in [0, 0.1) is 10.8 Å². The highest BCUT2D eigenvalue weighted by atomic mass is 16.6. The lowest BCUT2D eigenvalue weighted by atomic mass is 9.52. The van der Waals surface area contributed by atoms with Gasteiger partial charge in [0.2, 0.25) is 5.75 Å². The predicted octanol–water partition coefficient (Wildman–Crippen LogP) is 3.94. The molecule has 8 aliphatic heterocycles. The molecule has 11 atom stereocenters. The van der Waals surface area contributed by atoms with E-state index >= 15 is 0 Å². The van der Waals surface area contributed by atoms with Gasteiger partial charge in [0, 0.05) is 59.0 Å². The number of aromatic hydroxyl groups is 1. The topological polar surface area (TPSA) is 164 Å². The fourth-order valence-corrected chi connectivity index (χ4v) is 14.5. The summed E-state index contributed by atoms with van der Waals surface area (Å²) in [5, 5.41) is 28.1. The van der Waals surface area contributed by atoms with Crippen LogP contribution in [0.25, 0.3) is 0 Å². The third-order valence-electron chi connectivity index (χ3n) is 16.6. The van der Waals surface area contributed by atoms with Crippen molar-refractivity contribution in [2.24, 2.45) is 15.8 Å². The van der Waals surface area contributed by atoms with Crippen LogP contribution in [0.15, 0.2) is 46.1 Å². The minimum Gasteiger partial charge on any atom is -0.504 e. The van der Waals surface area contributed by atoms with E-state index in [2.05, 4.69) is 34.2 Å². The highest BCUT2D eigenvalue weighted by Crippen LogP contribution is 2.71. The van der Waals surface area contributed by atoms with Crippen molar-refractivity contribution in [1.82, 2.24) is 9.80 Å². The SMILES string of the molecule is CC[C@@]12C=C(C(=O)OC)C3=Nc4c(cc(O)c(OC)c4OC)[C@@]34CCN([C@@H]3c5cc6c(cc5O[C@@H]3[C@H]1O)NC1=C(C(=O)OC)C[C@]3(CC)[C@@H]5O[C@@H]5CN5CC[C@@]16[C@@H]53)[C@@H]24. The average molecular weight is 793 g/mol. The normalized spacial score (nSPS) is 39.9. The molecule has 0 radical (unpaired) electrons. The van der Waals surface area contributed by atoms with Crippen LogP contribution in [-0.4, -0.2) is 122 Å². The molecule has 2 spiro atoms. The Morgan fingerprint density at radius 1 is 0.966 bits per heavy atom. The van der Waals surface area contributed by atoms with E-state index in [0.717, 1.165) is 54.0 Å². The largest absolute Gasteiger partial charge is 0.504 e. The van der Waals surface area contributed by atoms with E-state index in [0.29, 0.717) is 54.1 Å². The molecule has 2 aliphatic carbocycles. The van der Waals surface area contributed by atoms with Gasteiger partial charge in [-0.1, -0.05) is 19.9 Å². The summed E-state index contributed by atoms with van der Waals surface area (Å²) in [6, 6.07) is 5.51. The Bertz CT molecular complexity index is 2390. The van der Waals surface area contributed by atoms with E-state index in [-0.39, 0.29) is 59.0 Å². The fraction of sp³-hybridized carbons (Fsp3) is 0.568. The Balaban J connectivity index is 1.06. The Kier molecular flexibility index (Phi) is 6.79. The number of methoxy groups -OCH3 is 4. The number of nitrogens with one attached hydrogen (secondary N) is 1. The number of aliphatic imine (C=N–C) groups is 1. The number of aliphatic hydroxyl groups is 1. The standard InChI is InChI=1S/C44H48N4O10/c1-7-41-16-20(37(51)55-5)34-44(23-14-25(49)30(53-3)31(54-4)28(23)46-34)10-12-48(40(41)44)29-19-13-22-24(15-26(19)57-32(29)35(41)50)45-33-21(38(52)56-6)17-42(8-2)36-27(58-36)18-47-11-9-43(22,33)39(42)47/h13-16,27,29,32,35-36,39-40,45,49-50H,7-12,17-18H2,1-6H3/t27-,29-,32+,35-,36-,39+,40+,41-,42-,43+,44+/m1/s1. The molecule has 2 aromatic carbocycles. The number of carbonyl (C=O) groups is 2. The van der Waals surface area contributed by atoms with Gasteiger partial charge in [-0.25, -0.2) is 14.6 Å². The number of hydrogen-bond acceptors (Lipinski definition) is 14. The van der Waals surface area contributed by atoms with E-state index < -0.39 is 34.4 Å². The molecule has 304 valence electrons. The van der Waals surface area contributed by atoms with Gasteiger partial charge in [0.25, 0.3) is 0 Å². The third kappa shape index (κ3) is 3.63. The molecule has 14 heteroatoms. The minimum absolute atomic E-state index is 0.0909. The summed E-state index contributed by atoms with van der Waals surface area (Å²) >= 11 is 0. The van der Waals surface area contributed by atoms with Gasteiger partial charge in [-0.15, -0.1) is 0 Å². The monoisotopic (exact) mass is 792 g/mol. The molecule has 5 fully saturated rings. The van der Waals surface area contributed by atoms with Gasteiger partial charge in [-0.2, -0.15) is 0 Å². The zero-order chi connectivity index (χ0) is 40.0. The second kappa shape index (κ2) is 11.1. The summed E-state index contributed by atoms with van der Waals surface area (Å²) in [7, 11) is 5.80. The smallest absolute Gasteiger partial charge is 0.339 e. The van der Waals surface area contributed by atoms with E-state index in [9.17, 15) is 19.8 Å². The van der Waals surface area contributed by atoms with Crippen LogP contribution in [0.2, 0.25) is 0 Å². The van der Waals surface area contributed by atoms with Crippen LogP contribution < -0.4 is 19.5 Å². The fourth-order valence-electron chi connectivity index (χ4n) is 14.5. The second-order valence-corrected chi connectivity index (χ2v) is 18.1. The van der Waals surface area contributed by atoms with Crippen molar-refractivity contribution in [1.29, 1.82) is 0 Å². The van der Waals surface area contributed by atoms with E-state index in [1.165, 1.54) is 28.4 Å². The zero-order valence-corrected chi connectivity index (χ0v) is 33.5. The van der Waals surface area contributed by atoms with Gasteiger partial charge < -0.3 is 44.0 Å². The van der Waals surface area contributed by atoms with Crippen LogP contribution in [0.3, 0.4) is 0 Å². The highest BCUT2D eigenvalue weighted by Gasteiger charge is 2.76. The summed E-state index contributed by atoms with van der Waals surface area (Å²) in [5.74, 6) is 0.202. The molecule has 0 saturated carbocycles. The van der Waals surface area contributed by atoms with Crippen LogP contribution in [0.1, 0.15) is 68.7 Å². The van der Waals surface area contributed by atoms with Gasteiger partial charge in [0.15, 0.2) is 11.5 Å². The molecular formula is C44H48N4O10. The Labute approximate surface area is 335 Å². The summed E-state index contributed by atoms with van der Waals surface area (Å²) in [6.07, 6.45) is 3.87. The van der Waals surface area contributed by atoms with Crippen molar-refractivity contribution in [2.45, 2.75) is 99.3 Å².